The fourth-order valence-corrected chi connectivity index (χ4v) is 3.72. The van der Waals surface area contributed by atoms with Gasteiger partial charge in [-0.15, -0.1) is 0 Å². The monoisotopic (exact) mass is 412 g/mol. The van der Waals surface area contributed by atoms with E-state index in [9.17, 15) is 14.0 Å². The van der Waals surface area contributed by atoms with E-state index in [1.165, 1.54) is 24.3 Å². The van der Waals surface area contributed by atoms with Gasteiger partial charge >= 0.3 is 0 Å². The summed E-state index contributed by atoms with van der Waals surface area (Å²) >= 11 is 0. The lowest BCUT2D eigenvalue weighted by Gasteiger charge is -2.29. The van der Waals surface area contributed by atoms with Crippen molar-refractivity contribution in [1.82, 2.24) is 10.2 Å². The number of carbonyl (C=O) groups excluding carboxylic acids is 2. The molecular weight excluding hydrogens is 383 g/mol. The van der Waals surface area contributed by atoms with Crippen molar-refractivity contribution in [2.45, 2.75) is 51.1 Å². The van der Waals surface area contributed by atoms with Crippen molar-refractivity contribution in [2.24, 2.45) is 0 Å². The Morgan fingerprint density at radius 3 is 2.43 bits per heavy atom. The van der Waals surface area contributed by atoms with Gasteiger partial charge in [-0.25, -0.2) is 4.39 Å². The lowest BCUT2D eigenvalue weighted by Crippen LogP contribution is -2.51. The molecule has 30 heavy (non-hydrogen) atoms. The average molecular weight is 413 g/mol. The van der Waals surface area contributed by atoms with E-state index >= 15 is 0 Å². The smallest absolute Gasteiger partial charge is 0.261 e. The fourth-order valence-electron chi connectivity index (χ4n) is 3.72. The Hall–Kier alpha value is -2.89. The molecule has 2 aromatic rings. The number of nitrogens with zero attached hydrogens (tertiary/aromatic N) is 1. The molecule has 2 amide bonds. The molecule has 6 heteroatoms. The van der Waals surface area contributed by atoms with Crippen LogP contribution in [0.25, 0.3) is 0 Å². The summed E-state index contributed by atoms with van der Waals surface area (Å²) < 4.78 is 18.6. The van der Waals surface area contributed by atoms with E-state index in [4.69, 9.17) is 4.74 Å². The quantitative estimate of drug-likeness (QED) is 0.683. The zero-order valence-electron chi connectivity index (χ0n) is 17.4. The lowest BCUT2D eigenvalue weighted by molar-refractivity contribution is -0.141. The number of benzene rings is 2. The van der Waals surface area contributed by atoms with E-state index in [0.29, 0.717) is 18.7 Å². The first-order valence-electron chi connectivity index (χ1n) is 10.5. The van der Waals surface area contributed by atoms with Crippen LogP contribution in [0.3, 0.4) is 0 Å². The second-order valence-electron chi connectivity index (χ2n) is 7.73. The predicted molar refractivity (Wildman–Crippen MR) is 114 cm³/mol. The van der Waals surface area contributed by atoms with Crippen molar-refractivity contribution in [2.75, 3.05) is 13.2 Å². The maximum absolute atomic E-state index is 13.1. The standard InChI is InChI=1S/C24H29FN2O3/c1-18(24(29)26-21-9-5-6-10-21)27(16-15-19-7-3-2-4-8-19)23(28)17-30-22-13-11-20(25)12-14-22/h2-4,7-8,11-14,18,21H,5-6,9-10,15-17H2,1H3,(H,26,29). The van der Waals surface area contributed by atoms with Gasteiger partial charge in [0.05, 0.1) is 0 Å². The first-order valence-corrected chi connectivity index (χ1v) is 10.5. The van der Waals surface area contributed by atoms with Gasteiger partial charge in [-0.3, -0.25) is 9.59 Å². The Morgan fingerprint density at radius 1 is 1.10 bits per heavy atom. The lowest BCUT2D eigenvalue weighted by atomic mass is 10.1. The summed E-state index contributed by atoms with van der Waals surface area (Å²) in [7, 11) is 0. The van der Waals surface area contributed by atoms with E-state index in [-0.39, 0.29) is 30.3 Å². The number of hydrogen-bond donors (Lipinski definition) is 1. The maximum Gasteiger partial charge on any atom is 0.261 e. The van der Waals surface area contributed by atoms with Crippen molar-refractivity contribution in [3.63, 3.8) is 0 Å². The molecule has 1 unspecified atom stereocenters. The van der Waals surface area contributed by atoms with E-state index in [1.54, 1.807) is 11.8 Å². The Morgan fingerprint density at radius 2 is 1.77 bits per heavy atom. The molecule has 1 atom stereocenters. The van der Waals surface area contributed by atoms with Crippen molar-refractivity contribution in [3.05, 3.63) is 66.0 Å². The van der Waals surface area contributed by atoms with Crippen LogP contribution in [0.5, 0.6) is 5.75 Å². The molecule has 1 fully saturated rings. The van der Waals surface area contributed by atoms with Crippen LogP contribution in [0, 0.1) is 5.82 Å². The highest BCUT2D eigenvalue weighted by molar-refractivity contribution is 5.88. The number of amides is 2. The minimum Gasteiger partial charge on any atom is -0.484 e. The summed E-state index contributed by atoms with van der Waals surface area (Å²) in [5.74, 6) is -0.361. The normalized spacial score (nSPS) is 14.9. The van der Waals surface area contributed by atoms with Crippen LogP contribution in [0.2, 0.25) is 0 Å². The molecule has 0 bridgehead atoms. The van der Waals surface area contributed by atoms with Gasteiger partial charge in [0.25, 0.3) is 5.91 Å². The largest absolute Gasteiger partial charge is 0.484 e. The number of carbonyl (C=O) groups is 2. The van der Waals surface area contributed by atoms with Gasteiger partial charge < -0.3 is 15.0 Å². The zero-order chi connectivity index (χ0) is 21.3. The van der Waals surface area contributed by atoms with Crippen LogP contribution in [-0.2, 0) is 16.0 Å². The summed E-state index contributed by atoms with van der Waals surface area (Å²) in [6.45, 7) is 1.96. The highest BCUT2D eigenvalue weighted by Gasteiger charge is 2.28. The third-order valence-corrected chi connectivity index (χ3v) is 5.53. The molecule has 3 rings (SSSR count). The molecule has 2 aromatic carbocycles. The van der Waals surface area contributed by atoms with Crippen LogP contribution in [-0.4, -0.2) is 41.9 Å². The highest BCUT2D eigenvalue weighted by atomic mass is 19.1. The van der Waals surface area contributed by atoms with E-state index < -0.39 is 6.04 Å². The molecule has 160 valence electrons. The SMILES string of the molecule is CC(C(=O)NC1CCCC1)N(CCc1ccccc1)C(=O)COc1ccc(F)cc1. The summed E-state index contributed by atoms with van der Waals surface area (Å²) in [5, 5.41) is 3.08. The maximum atomic E-state index is 13.1. The molecule has 1 saturated carbocycles. The highest BCUT2D eigenvalue weighted by Crippen LogP contribution is 2.18. The Balaban J connectivity index is 1.64. The second kappa shape index (κ2) is 10.8. The number of ether oxygens (including phenoxy) is 1. The molecule has 1 aliphatic rings. The van der Waals surface area contributed by atoms with Gasteiger partial charge in [-0.1, -0.05) is 43.2 Å². The van der Waals surface area contributed by atoms with Gasteiger partial charge in [-0.2, -0.15) is 0 Å². The molecule has 1 N–H and O–H groups in total. The number of hydrogen-bond acceptors (Lipinski definition) is 3. The summed E-state index contributed by atoms with van der Waals surface area (Å²) in [4.78, 5) is 27.3. The van der Waals surface area contributed by atoms with Gasteiger partial charge in [-0.05, 0) is 56.0 Å². The third-order valence-electron chi connectivity index (χ3n) is 5.53. The topological polar surface area (TPSA) is 58.6 Å². The molecule has 0 heterocycles. The Labute approximate surface area is 177 Å². The Bertz CT molecular complexity index is 820. The van der Waals surface area contributed by atoms with Crippen LogP contribution in [0.15, 0.2) is 54.6 Å². The first-order chi connectivity index (χ1) is 14.5. The zero-order valence-corrected chi connectivity index (χ0v) is 17.4. The minimum atomic E-state index is -0.598. The fraction of sp³-hybridized carbons (Fsp3) is 0.417. The van der Waals surface area contributed by atoms with Gasteiger partial charge in [0.2, 0.25) is 5.91 Å². The van der Waals surface area contributed by atoms with Crippen LogP contribution in [0.4, 0.5) is 4.39 Å². The van der Waals surface area contributed by atoms with E-state index in [0.717, 1.165) is 31.2 Å². The van der Waals surface area contributed by atoms with E-state index in [2.05, 4.69) is 5.32 Å². The molecule has 0 spiro atoms. The molecule has 0 aliphatic heterocycles. The minimum absolute atomic E-state index is 0.134. The number of nitrogens with one attached hydrogen (secondary N) is 1. The molecule has 1 aliphatic carbocycles. The molecule has 0 aromatic heterocycles. The number of halogens is 1. The Kier molecular flexibility index (Phi) is 7.82. The molecular formula is C24H29FN2O3. The summed E-state index contributed by atoms with van der Waals surface area (Å²) in [6.07, 6.45) is 4.88. The molecule has 5 nitrogen and oxygen atoms in total. The van der Waals surface area contributed by atoms with Gasteiger partial charge in [0.15, 0.2) is 6.61 Å². The van der Waals surface area contributed by atoms with Crippen molar-refractivity contribution >= 4 is 11.8 Å². The molecule has 0 radical (unpaired) electrons. The second-order valence-corrected chi connectivity index (χ2v) is 7.73. The summed E-state index contributed by atoms with van der Waals surface area (Å²) in [6, 6.07) is 15.0. The van der Waals surface area contributed by atoms with Gasteiger partial charge in [0, 0.05) is 12.6 Å². The van der Waals surface area contributed by atoms with Crippen molar-refractivity contribution < 1.29 is 18.7 Å². The van der Waals surface area contributed by atoms with Crippen molar-refractivity contribution in [3.8, 4) is 5.75 Å². The van der Waals surface area contributed by atoms with E-state index in [1.807, 2.05) is 30.3 Å². The third kappa shape index (κ3) is 6.31. The van der Waals surface area contributed by atoms with Crippen LogP contribution in [0.1, 0.15) is 38.2 Å². The number of rotatable bonds is 9. The molecule has 0 saturated heterocycles. The van der Waals surface area contributed by atoms with Crippen molar-refractivity contribution in [1.29, 1.82) is 0 Å². The van der Waals surface area contributed by atoms with Gasteiger partial charge in [0.1, 0.15) is 17.6 Å². The van der Waals surface area contributed by atoms with Crippen LogP contribution >= 0.6 is 0 Å². The first kappa shape index (κ1) is 21.8. The summed E-state index contributed by atoms with van der Waals surface area (Å²) in [5.41, 5.74) is 1.10. The average Bonchev–Trinajstić information content (AvgIpc) is 3.27. The predicted octanol–water partition coefficient (Wildman–Crippen LogP) is 3.72. The van der Waals surface area contributed by atoms with Crippen LogP contribution < -0.4 is 10.1 Å².